The Balaban J connectivity index is 2.96. The van der Waals surface area contributed by atoms with E-state index in [9.17, 15) is 15.0 Å². The molecule has 0 spiro atoms. The summed E-state index contributed by atoms with van der Waals surface area (Å²) in [6.45, 7) is 1.98. The Morgan fingerprint density at radius 2 is 2.06 bits per heavy atom. The lowest BCUT2D eigenvalue weighted by Crippen LogP contribution is -2.19. The molecule has 2 rings (SSSR count). The van der Waals surface area contributed by atoms with E-state index in [1.807, 2.05) is 0 Å². The molecule has 1 heterocycles. The third kappa shape index (κ3) is 1.60. The Hall–Kier alpha value is -2.17. The normalized spacial score (nSPS) is 10.7. The van der Waals surface area contributed by atoms with E-state index < -0.39 is 5.56 Å². The number of hydrogen-bond donors (Lipinski definition) is 2. The van der Waals surface area contributed by atoms with Gasteiger partial charge in [0.2, 0.25) is 5.75 Å². The van der Waals surface area contributed by atoms with Crippen molar-refractivity contribution in [3.63, 3.8) is 0 Å². The summed E-state index contributed by atoms with van der Waals surface area (Å²) in [6.07, 6.45) is 0. The average Bonchev–Trinajstić information content (AvgIpc) is 2.31. The van der Waals surface area contributed by atoms with Crippen molar-refractivity contribution in [2.24, 2.45) is 7.05 Å². The molecule has 0 amide bonds. The lowest BCUT2D eigenvalue weighted by molar-refractivity contribution is 0.312. The molecule has 2 N–H and O–H groups in total. The van der Waals surface area contributed by atoms with E-state index in [1.165, 1.54) is 10.6 Å². The largest absolute Gasteiger partial charge is 0.507 e. The lowest BCUT2D eigenvalue weighted by Gasteiger charge is -2.12. The Bertz CT molecular complexity index is 630. The number of fused-ring (bicyclic) bond motifs is 1. The fourth-order valence-electron chi connectivity index (χ4n) is 1.80. The number of aromatic hydroxyl groups is 2. The summed E-state index contributed by atoms with van der Waals surface area (Å²) in [4.78, 5) is 11.9. The van der Waals surface area contributed by atoms with Gasteiger partial charge in [0.25, 0.3) is 5.56 Å². The summed E-state index contributed by atoms with van der Waals surface area (Å²) in [5.74, 6) is -0.538. The van der Waals surface area contributed by atoms with Crippen LogP contribution in [-0.2, 0) is 7.05 Å². The van der Waals surface area contributed by atoms with Crippen molar-refractivity contribution < 1.29 is 14.9 Å². The predicted octanol–water partition coefficient (Wildman–Crippen LogP) is 1.35. The zero-order valence-corrected chi connectivity index (χ0v) is 9.60. The van der Waals surface area contributed by atoms with Gasteiger partial charge in [-0.2, -0.15) is 0 Å². The van der Waals surface area contributed by atoms with Crippen molar-refractivity contribution in [3.8, 4) is 17.2 Å². The van der Waals surface area contributed by atoms with Gasteiger partial charge in [-0.15, -0.1) is 0 Å². The van der Waals surface area contributed by atoms with E-state index in [1.54, 1.807) is 26.1 Å². The van der Waals surface area contributed by atoms with Crippen LogP contribution in [-0.4, -0.2) is 21.4 Å². The molecule has 5 nitrogen and oxygen atoms in total. The number of ether oxygens (including phenoxy) is 1. The average molecular weight is 235 g/mol. The molecule has 0 saturated carbocycles. The minimum Gasteiger partial charge on any atom is -0.507 e. The van der Waals surface area contributed by atoms with Crippen molar-refractivity contribution in [2.45, 2.75) is 6.92 Å². The maximum absolute atomic E-state index is 11.9. The highest BCUT2D eigenvalue weighted by molar-refractivity contribution is 5.92. The van der Waals surface area contributed by atoms with Gasteiger partial charge in [0.15, 0.2) is 5.75 Å². The van der Waals surface area contributed by atoms with Gasteiger partial charge in [0, 0.05) is 7.05 Å². The minimum atomic E-state index is -0.428. The van der Waals surface area contributed by atoms with E-state index in [-0.39, 0.29) is 29.2 Å². The van der Waals surface area contributed by atoms with Gasteiger partial charge in [-0.05, 0) is 19.1 Å². The van der Waals surface area contributed by atoms with Crippen molar-refractivity contribution in [1.29, 1.82) is 0 Å². The number of pyridine rings is 1. The number of phenolic OH excluding ortho intramolecular Hbond substituents is 1. The summed E-state index contributed by atoms with van der Waals surface area (Å²) < 4.78 is 6.45. The van der Waals surface area contributed by atoms with Crippen LogP contribution in [0.4, 0.5) is 0 Å². The first-order valence-corrected chi connectivity index (χ1v) is 5.24. The molecule has 0 saturated heterocycles. The van der Waals surface area contributed by atoms with Crippen LogP contribution < -0.4 is 10.3 Å². The fraction of sp³-hybridized carbons (Fsp3) is 0.250. The van der Waals surface area contributed by atoms with Crippen LogP contribution in [0.2, 0.25) is 0 Å². The number of aryl methyl sites for hydroxylation is 1. The molecular formula is C12H13NO4. The maximum atomic E-state index is 11.9. The molecule has 0 aliphatic carbocycles. The van der Waals surface area contributed by atoms with Crippen molar-refractivity contribution in [3.05, 3.63) is 28.6 Å². The van der Waals surface area contributed by atoms with Crippen molar-refractivity contribution in [1.82, 2.24) is 4.57 Å². The molecule has 1 aromatic heterocycles. The third-order valence-electron chi connectivity index (χ3n) is 2.62. The standard InChI is InChI=1S/C12H13NO4/c1-3-17-11-10(15)9-7(13(2)12(11)16)5-4-6-8(9)14/h4-6,14-15H,3H2,1-2H3. The molecule has 0 atom stereocenters. The molecule has 17 heavy (non-hydrogen) atoms. The van der Waals surface area contributed by atoms with Crippen molar-refractivity contribution >= 4 is 10.9 Å². The Morgan fingerprint density at radius 1 is 1.35 bits per heavy atom. The van der Waals surface area contributed by atoms with Gasteiger partial charge < -0.3 is 19.5 Å². The third-order valence-corrected chi connectivity index (χ3v) is 2.62. The van der Waals surface area contributed by atoms with E-state index in [0.29, 0.717) is 5.52 Å². The topological polar surface area (TPSA) is 71.7 Å². The molecule has 0 unspecified atom stereocenters. The number of nitrogens with zero attached hydrogens (tertiary/aromatic N) is 1. The number of hydrogen-bond acceptors (Lipinski definition) is 4. The maximum Gasteiger partial charge on any atom is 0.297 e. The van der Waals surface area contributed by atoms with Gasteiger partial charge in [0.05, 0.1) is 17.5 Å². The second-order valence-corrected chi connectivity index (χ2v) is 3.65. The molecule has 0 bridgehead atoms. The van der Waals surface area contributed by atoms with Crippen LogP contribution in [0.3, 0.4) is 0 Å². The first-order chi connectivity index (χ1) is 8.07. The summed E-state index contributed by atoms with van der Waals surface area (Å²) >= 11 is 0. The zero-order valence-electron chi connectivity index (χ0n) is 9.60. The van der Waals surface area contributed by atoms with Gasteiger partial charge in [-0.3, -0.25) is 4.79 Å². The van der Waals surface area contributed by atoms with Crippen molar-refractivity contribution in [2.75, 3.05) is 6.61 Å². The number of benzene rings is 1. The summed E-state index contributed by atoms with van der Waals surface area (Å²) in [7, 11) is 1.56. The Labute approximate surface area is 97.5 Å². The quantitative estimate of drug-likeness (QED) is 0.824. The zero-order chi connectivity index (χ0) is 12.6. The smallest absolute Gasteiger partial charge is 0.297 e. The van der Waals surface area contributed by atoms with Gasteiger partial charge >= 0.3 is 0 Å². The summed E-state index contributed by atoms with van der Waals surface area (Å²) in [5.41, 5.74) is 0.0263. The fourth-order valence-corrected chi connectivity index (χ4v) is 1.80. The highest BCUT2D eigenvalue weighted by atomic mass is 16.5. The molecule has 5 heteroatoms. The lowest BCUT2D eigenvalue weighted by atomic mass is 10.1. The summed E-state index contributed by atoms with van der Waals surface area (Å²) in [5, 5.41) is 19.9. The second-order valence-electron chi connectivity index (χ2n) is 3.65. The van der Waals surface area contributed by atoms with Crippen LogP contribution in [0.1, 0.15) is 6.92 Å². The number of aromatic nitrogens is 1. The molecule has 90 valence electrons. The van der Waals surface area contributed by atoms with E-state index in [2.05, 4.69) is 0 Å². The number of phenols is 1. The van der Waals surface area contributed by atoms with Gasteiger partial charge in [0.1, 0.15) is 5.75 Å². The van der Waals surface area contributed by atoms with Crippen LogP contribution in [0.15, 0.2) is 23.0 Å². The number of rotatable bonds is 2. The summed E-state index contributed by atoms with van der Waals surface area (Å²) in [6, 6.07) is 4.70. The second kappa shape index (κ2) is 4.01. The van der Waals surface area contributed by atoms with E-state index in [4.69, 9.17) is 4.74 Å². The molecule has 2 aromatic rings. The van der Waals surface area contributed by atoms with Crippen LogP contribution >= 0.6 is 0 Å². The highest BCUT2D eigenvalue weighted by Crippen LogP contribution is 2.36. The van der Waals surface area contributed by atoms with Crippen LogP contribution in [0.25, 0.3) is 10.9 Å². The van der Waals surface area contributed by atoms with Gasteiger partial charge in [-0.1, -0.05) is 6.07 Å². The Kier molecular flexibility index (Phi) is 2.67. The molecular weight excluding hydrogens is 222 g/mol. The highest BCUT2D eigenvalue weighted by Gasteiger charge is 2.17. The van der Waals surface area contributed by atoms with Gasteiger partial charge in [-0.25, -0.2) is 0 Å². The predicted molar refractivity (Wildman–Crippen MR) is 63.7 cm³/mol. The molecule has 0 aliphatic rings. The van der Waals surface area contributed by atoms with Crippen LogP contribution in [0.5, 0.6) is 17.2 Å². The van der Waals surface area contributed by atoms with E-state index in [0.717, 1.165) is 0 Å². The molecule has 1 aromatic carbocycles. The molecule has 0 radical (unpaired) electrons. The monoisotopic (exact) mass is 235 g/mol. The first kappa shape index (κ1) is 11.3. The molecule has 0 fully saturated rings. The first-order valence-electron chi connectivity index (χ1n) is 5.24. The minimum absolute atomic E-state index is 0.0865. The van der Waals surface area contributed by atoms with E-state index >= 15 is 0 Å². The SMILES string of the molecule is CCOc1c(O)c2c(O)cccc2n(C)c1=O. The molecule has 0 aliphatic heterocycles. The van der Waals surface area contributed by atoms with Crippen LogP contribution in [0, 0.1) is 0 Å². The Morgan fingerprint density at radius 3 is 2.71 bits per heavy atom.